The molecule has 0 unspecified atom stereocenters. The minimum atomic E-state index is 0.129. The predicted octanol–water partition coefficient (Wildman–Crippen LogP) is 2.85. The van der Waals surface area contributed by atoms with Crippen LogP contribution in [0.3, 0.4) is 0 Å². The van der Waals surface area contributed by atoms with E-state index in [0.29, 0.717) is 12.6 Å². The normalized spacial score (nSPS) is 22.2. The van der Waals surface area contributed by atoms with Gasteiger partial charge >= 0.3 is 0 Å². The third-order valence-electron chi connectivity index (χ3n) is 4.08. The Morgan fingerprint density at radius 2 is 2.05 bits per heavy atom. The molecule has 1 aliphatic rings. The molecule has 4 heteroatoms. The van der Waals surface area contributed by atoms with Crippen molar-refractivity contribution in [3.8, 4) is 11.5 Å². The van der Waals surface area contributed by atoms with Crippen molar-refractivity contribution in [3.63, 3.8) is 0 Å². The van der Waals surface area contributed by atoms with Crippen LogP contribution >= 0.6 is 0 Å². The van der Waals surface area contributed by atoms with Gasteiger partial charge in [-0.15, -0.1) is 0 Å². The molecule has 0 aromatic heterocycles. The Bertz CT molecular complexity index is 487. The SMILES string of the molecule is CC[C@H]1C[C@@H](C)C(=O)N1Cc1ccc(OC)cc1OC. The zero-order chi connectivity index (χ0) is 14.7. The molecular weight excluding hydrogens is 254 g/mol. The van der Waals surface area contributed by atoms with Crippen molar-refractivity contribution in [1.82, 2.24) is 4.90 Å². The van der Waals surface area contributed by atoms with E-state index in [1.807, 2.05) is 30.0 Å². The van der Waals surface area contributed by atoms with Crippen molar-refractivity contribution in [2.24, 2.45) is 5.92 Å². The van der Waals surface area contributed by atoms with Gasteiger partial charge in [0, 0.05) is 30.1 Å². The highest BCUT2D eigenvalue weighted by Gasteiger charge is 2.35. The standard InChI is InChI=1S/C16H23NO3/c1-5-13-8-11(2)16(18)17(13)10-12-6-7-14(19-3)9-15(12)20-4/h6-7,9,11,13H,5,8,10H2,1-4H3/t11-,13+/m1/s1. The third-order valence-corrected chi connectivity index (χ3v) is 4.08. The van der Waals surface area contributed by atoms with Crippen LogP contribution in [0.25, 0.3) is 0 Å². The fourth-order valence-corrected chi connectivity index (χ4v) is 2.86. The average Bonchev–Trinajstić information content (AvgIpc) is 2.75. The second kappa shape index (κ2) is 6.16. The number of amides is 1. The summed E-state index contributed by atoms with van der Waals surface area (Å²) in [7, 11) is 3.28. The van der Waals surface area contributed by atoms with Crippen LogP contribution in [0.2, 0.25) is 0 Å². The number of hydrogen-bond donors (Lipinski definition) is 0. The molecule has 1 amide bonds. The van der Waals surface area contributed by atoms with Crippen LogP contribution in [-0.2, 0) is 11.3 Å². The van der Waals surface area contributed by atoms with Crippen molar-refractivity contribution in [2.75, 3.05) is 14.2 Å². The van der Waals surface area contributed by atoms with Crippen LogP contribution in [0, 0.1) is 5.92 Å². The van der Waals surface area contributed by atoms with E-state index in [1.165, 1.54) is 0 Å². The van der Waals surface area contributed by atoms with E-state index in [9.17, 15) is 4.79 Å². The van der Waals surface area contributed by atoms with Gasteiger partial charge in [0.05, 0.1) is 14.2 Å². The summed E-state index contributed by atoms with van der Waals surface area (Å²) in [6.45, 7) is 4.75. The second-order valence-corrected chi connectivity index (χ2v) is 5.34. The summed E-state index contributed by atoms with van der Waals surface area (Å²) < 4.78 is 10.6. The summed E-state index contributed by atoms with van der Waals surface area (Å²) in [4.78, 5) is 14.2. The Labute approximate surface area is 120 Å². The summed E-state index contributed by atoms with van der Waals surface area (Å²) in [5.41, 5.74) is 1.02. The molecule has 2 atom stereocenters. The lowest BCUT2D eigenvalue weighted by Gasteiger charge is -2.25. The van der Waals surface area contributed by atoms with Gasteiger partial charge in [-0.1, -0.05) is 13.8 Å². The van der Waals surface area contributed by atoms with E-state index >= 15 is 0 Å². The van der Waals surface area contributed by atoms with Crippen LogP contribution in [0.1, 0.15) is 32.3 Å². The number of methoxy groups -OCH3 is 2. The first-order chi connectivity index (χ1) is 9.60. The highest BCUT2D eigenvalue weighted by molar-refractivity contribution is 5.81. The zero-order valence-corrected chi connectivity index (χ0v) is 12.7. The van der Waals surface area contributed by atoms with Gasteiger partial charge in [0.2, 0.25) is 5.91 Å². The Balaban J connectivity index is 2.22. The van der Waals surface area contributed by atoms with Gasteiger partial charge in [-0.2, -0.15) is 0 Å². The monoisotopic (exact) mass is 277 g/mol. The molecule has 1 heterocycles. The van der Waals surface area contributed by atoms with Crippen molar-refractivity contribution >= 4 is 5.91 Å². The molecule has 20 heavy (non-hydrogen) atoms. The molecule has 0 spiro atoms. The lowest BCUT2D eigenvalue weighted by Crippen LogP contribution is -2.32. The summed E-state index contributed by atoms with van der Waals surface area (Å²) in [5, 5.41) is 0. The van der Waals surface area contributed by atoms with Crippen LogP contribution in [0.15, 0.2) is 18.2 Å². The minimum absolute atomic E-state index is 0.129. The van der Waals surface area contributed by atoms with Crippen LogP contribution in [0.4, 0.5) is 0 Å². The Kier molecular flexibility index (Phi) is 4.53. The molecule has 2 rings (SSSR count). The first kappa shape index (κ1) is 14.7. The average molecular weight is 277 g/mol. The zero-order valence-electron chi connectivity index (χ0n) is 12.7. The first-order valence-electron chi connectivity index (χ1n) is 7.12. The number of carbonyl (C=O) groups is 1. The van der Waals surface area contributed by atoms with E-state index in [-0.39, 0.29) is 11.8 Å². The number of benzene rings is 1. The molecule has 1 aromatic rings. The van der Waals surface area contributed by atoms with Gasteiger partial charge in [0.15, 0.2) is 0 Å². The summed E-state index contributed by atoms with van der Waals surface area (Å²) in [6.07, 6.45) is 1.95. The maximum atomic E-state index is 12.3. The summed E-state index contributed by atoms with van der Waals surface area (Å²) >= 11 is 0. The predicted molar refractivity (Wildman–Crippen MR) is 78.0 cm³/mol. The number of ether oxygens (including phenoxy) is 2. The van der Waals surface area contributed by atoms with Gasteiger partial charge in [0.1, 0.15) is 11.5 Å². The van der Waals surface area contributed by atoms with E-state index in [0.717, 1.165) is 29.9 Å². The van der Waals surface area contributed by atoms with Crippen molar-refractivity contribution in [1.29, 1.82) is 0 Å². The lowest BCUT2D eigenvalue weighted by molar-refractivity contribution is -0.132. The topological polar surface area (TPSA) is 38.8 Å². The van der Waals surface area contributed by atoms with Crippen LogP contribution < -0.4 is 9.47 Å². The second-order valence-electron chi connectivity index (χ2n) is 5.34. The fourth-order valence-electron chi connectivity index (χ4n) is 2.86. The largest absolute Gasteiger partial charge is 0.497 e. The lowest BCUT2D eigenvalue weighted by atomic mass is 10.1. The van der Waals surface area contributed by atoms with Crippen LogP contribution in [0.5, 0.6) is 11.5 Å². The highest BCUT2D eigenvalue weighted by Crippen LogP contribution is 2.31. The molecular formula is C16H23NO3. The molecule has 0 aliphatic carbocycles. The van der Waals surface area contributed by atoms with Crippen molar-refractivity contribution < 1.29 is 14.3 Å². The van der Waals surface area contributed by atoms with Gasteiger partial charge in [-0.3, -0.25) is 4.79 Å². The van der Waals surface area contributed by atoms with E-state index in [1.54, 1.807) is 14.2 Å². The molecule has 110 valence electrons. The molecule has 0 saturated carbocycles. The van der Waals surface area contributed by atoms with Crippen LogP contribution in [-0.4, -0.2) is 31.1 Å². The van der Waals surface area contributed by atoms with E-state index < -0.39 is 0 Å². The summed E-state index contributed by atoms with van der Waals surface area (Å²) in [6, 6.07) is 6.08. The summed E-state index contributed by atoms with van der Waals surface area (Å²) in [5.74, 6) is 1.91. The number of rotatable bonds is 5. The van der Waals surface area contributed by atoms with Crippen molar-refractivity contribution in [2.45, 2.75) is 39.3 Å². The molecule has 1 aliphatic heterocycles. The molecule has 1 saturated heterocycles. The fraction of sp³-hybridized carbons (Fsp3) is 0.562. The highest BCUT2D eigenvalue weighted by atomic mass is 16.5. The molecule has 0 N–H and O–H groups in total. The first-order valence-corrected chi connectivity index (χ1v) is 7.12. The quantitative estimate of drug-likeness (QED) is 0.830. The van der Waals surface area contributed by atoms with Gasteiger partial charge < -0.3 is 14.4 Å². The smallest absolute Gasteiger partial charge is 0.226 e. The molecule has 4 nitrogen and oxygen atoms in total. The molecule has 1 aromatic carbocycles. The Hall–Kier alpha value is -1.71. The van der Waals surface area contributed by atoms with Crippen molar-refractivity contribution in [3.05, 3.63) is 23.8 Å². The van der Waals surface area contributed by atoms with E-state index in [4.69, 9.17) is 9.47 Å². The maximum absolute atomic E-state index is 12.3. The van der Waals surface area contributed by atoms with E-state index in [2.05, 4.69) is 6.92 Å². The number of likely N-dealkylation sites (tertiary alicyclic amines) is 1. The third kappa shape index (κ3) is 2.74. The number of hydrogen-bond acceptors (Lipinski definition) is 3. The number of carbonyl (C=O) groups excluding carboxylic acids is 1. The van der Waals surface area contributed by atoms with Gasteiger partial charge in [-0.25, -0.2) is 0 Å². The number of nitrogens with zero attached hydrogens (tertiary/aromatic N) is 1. The van der Waals surface area contributed by atoms with Gasteiger partial charge in [0.25, 0.3) is 0 Å². The Morgan fingerprint density at radius 1 is 1.30 bits per heavy atom. The Morgan fingerprint density at radius 3 is 2.65 bits per heavy atom. The molecule has 1 fully saturated rings. The minimum Gasteiger partial charge on any atom is -0.497 e. The molecule has 0 radical (unpaired) electrons. The molecule has 0 bridgehead atoms. The van der Waals surface area contributed by atoms with Gasteiger partial charge in [-0.05, 0) is 25.0 Å². The maximum Gasteiger partial charge on any atom is 0.226 e.